The van der Waals surface area contributed by atoms with Gasteiger partial charge in [0.1, 0.15) is 0 Å². The molecule has 3 nitrogen and oxygen atoms in total. The van der Waals surface area contributed by atoms with Gasteiger partial charge in [-0.3, -0.25) is 4.79 Å². The third-order valence-corrected chi connectivity index (χ3v) is 9.46. The molecule has 0 saturated heterocycles. The zero-order valence-electron chi connectivity index (χ0n) is 17.4. The van der Waals surface area contributed by atoms with E-state index in [1.807, 2.05) is 17.6 Å². The molecule has 1 heterocycles. The molecule has 4 saturated carbocycles. The van der Waals surface area contributed by atoms with Crippen molar-refractivity contribution in [2.24, 2.45) is 29.6 Å². The van der Waals surface area contributed by atoms with Crippen LogP contribution in [0.3, 0.4) is 0 Å². The monoisotopic (exact) mass is 416 g/mol. The Morgan fingerprint density at radius 1 is 1.07 bits per heavy atom. The van der Waals surface area contributed by atoms with E-state index in [4.69, 9.17) is 0 Å². The zero-order chi connectivity index (χ0) is 20.3. The molecule has 4 aliphatic rings. The van der Waals surface area contributed by atoms with Crippen LogP contribution < -0.4 is 5.32 Å². The Bertz CT molecular complexity index is 1060. The Morgan fingerprint density at radius 3 is 2.47 bits per heavy atom. The van der Waals surface area contributed by atoms with Gasteiger partial charge in [-0.25, -0.2) is 4.98 Å². The van der Waals surface area contributed by atoms with Crippen molar-refractivity contribution in [3.8, 4) is 0 Å². The average molecular weight is 417 g/mol. The highest BCUT2D eigenvalue weighted by molar-refractivity contribution is 7.16. The molecule has 154 valence electrons. The van der Waals surface area contributed by atoms with Gasteiger partial charge in [0.2, 0.25) is 5.91 Å². The van der Waals surface area contributed by atoms with Crippen molar-refractivity contribution < 1.29 is 4.79 Å². The molecule has 30 heavy (non-hydrogen) atoms. The zero-order valence-corrected chi connectivity index (χ0v) is 18.2. The first-order valence-corrected chi connectivity index (χ1v) is 12.2. The molecule has 1 amide bonds. The lowest BCUT2D eigenvalue weighted by molar-refractivity contribution is -0.128. The molecule has 0 atom stereocenters. The minimum absolute atomic E-state index is 0.00687. The van der Waals surface area contributed by atoms with Crippen LogP contribution in [-0.4, -0.2) is 10.9 Å². The standard InChI is InChI=1S/C26H28N2OS/c1-16-17-9-20-11-18(16)12-21(10-17)26(20,19-5-3-2-4-6-19)14-25(29)28-22-7-8-23-24(13-22)30-15-27-23/h2-8,13,15-18,20-21H,9-12,14H2,1H3,(H,28,29). The second-order valence-corrected chi connectivity index (χ2v) is 10.8. The number of aromatic nitrogens is 1. The molecule has 4 heteroatoms. The highest BCUT2D eigenvalue weighted by Crippen LogP contribution is 2.65. The number of amides is 1. The fourth-order valence-corrected chi connectivity index (χ4v) is 8.00. The lowest BCUT2D eigenvalue weighted by Crippen LogP contribution is -2.59. The molecule has 4 bridgehead atoms. The number of hydrogen-bond acceptors (Lipinski definition) is 3. The average Bonchev–Trinajstić information content (AvgIpc) is 3.21. The predicted octanol–water partition coefficient (Wildman–Crippen LogP) is 6.27. The van der Waals surface area contributed by atoms with Gasteiger partial charge >= 0.3 is 0 Å². The van der Waals surface area contributed by atoms with E-state index in [1.54, 1.807) is 11.3 Å². The van der Waals surface area contributed by atoms with Crippen LogP contribution >= 0.6 is 11.3 Å². The van der Waals surface area contributed by atoms with Crippen molar-refractivity contribution in [3.63, 3.8) is 0 Å². The van der Waals surface area contributed by atoms with Crippen molar-refractivity contribution in [2.45, 2.75) is 44.4 Å². The summed E-state index contributed by atoms with van der Waals surface area (Å²) < 4.78 is 1.12. The molecule has 3 aromatic rings. The van der Waals surface area contributed by atoms with Gasteiger partial charge in [-0.1, -0.05) is 37.3 Å². The van der Waals surface area contributed by atoms with Gasteiger partial charge in [-0.05, 0) is 79.0 Å². The molecular formula is C26H28N2OS. The van der Waals surface area contributed by atoms with Crippen LogP contribution in [-0.2, 0) is 10.2 Å². The maximum atomic E-state index is 13.4. The number of thiazole rings is 1. The number of anilines is 1. The van der Waals surface area contributed by atoms with Gasteiger partial charge in [0.15, 0.2) is 0 Å². The summed E-state index contributed by atoms with van der Waals surface area (Å²) >= 11 is 1.62. The van der Waals surface area contributed by atoms with Crippen LogP contribution in [0.15, 0.2) is 54.0 Å². The second-order valence-electron chi connectivity index (χ2n) is 9.88. The molecule has 4 aliphatic carbocycles. The van der Waals surface area contributed by atoms with Gasteiger partial charge in [0.25, 0.3) is 0 Å². The third-order valence-electron chi connectivity index (χ3n) is 8.67. The van der Waals surface area contributed by atoms with Crippen LogP contribution in [0.1, 0.15) is 44.6 Å². The molecule has 1 aromatic heterocycles. The minimum atomic E-state index is -0.00687. The summed E-state index contributed by atoms with van der Waals surface area (Å²) in [5.74, 6) is 4.01. The topological polar surface area (TPSA) is 42.0 Å². The third kappa shape index (κ3) is 2.76. The summed E-state index contributed by atoms with van der Waals surface area (Å²) in [5.41, 5.74) is 5.12. The van der Waals surface area contributed by atoms with Crippen LogP contribution in [0, 0.1) is 29.6 Å². The summed E-state index contributed by atoms with van der Waals surface area (Å²) in [6.45, 7) is 2.47. The van der Waals surface area contributed by atoms with Gasteiger partial charge in [0, 0.05) is 17.5 Å². The largest absolute Gasteiger partial charge is 0.326 e. The number of rotatable bonds is 4. The predicted molar refractivity (Wildman–Crippen MR) is 123 cm³/mol. The Balaban J connectivity index is 1.33. The van der Waals surface area contributed by atoms with Gasteiger partial charge in [-0.15, -0.1) is 11.3 Å². The quantitative estimate of drug-likeness (QED) is 0.545. The minimum Gasteiger partial charge on any atom is -0.326 e. The normalized spacial score (nSPS) is 34.4. The number of nitrogens with one attached hydrogen (secondary N) is 1. The molecule has 0 spiro atoms. The molecule has 2 aromatic carbocycles. The highest BCUT2D eigenvalue weighted by atomic mass is 32.1. The van der Waals surface area contributed by atoms with E-state index in [9.17, 15) is 4.79 Å². The lowest BCUT2D eigenvalue weighted by atomic mass is 9.41. The number of benzene rings is 2. The van der Waals surface area contributed by atoms with Crippen molar-refractivity contribution in [1.29, 1.82) is 0 Å². The lowest BCUT2D eigenvalue weighted by Gasteiger charge is -2.63. The Hall–Kier alpha value is -2.20. The first-order chi connectivity index (χ1) is 14.6. The van der Waals surface area contributed by atoms with Crippen LogP contribution in [0.4, 0.5) is 5.69 Å². The SMILES string of the molecule is CC1C2CC3CC1CC(C2)C3(CC(=O)Nc1ccc2ncsc2c1)c1ccccc1. The van der Waals surface area contributed by atoms with Crippen LogP contribution in [0.2, 0.25) is 0 Å². The number of carbonyl (C=O) groups excluding carboxylic acids is 1. The molecule has 0 aliphatic heterocycles. The smallest absolute Gasteiger partial charge is 0.225 e. The maximum absolute atomic E-state index is 13.4. The molecule has 4 fully saturated rings. The van der Waals surface area contributed by atoms with Crippen molar-refractivity contribution in [1.82, 2.24) is 4.98 Å². The Labute approximate surface area is 181 Å². The summed E-state index contributed by atoms with van der Waals surface area (Å²) in [6, 6.07) is 17.0. The fourth-order valence-electron chi connectivity index (χ4n) is 7.28. The summed E-state index contributed by atoms with van der Waals surface area (Å²) in [5, 5.41) is 3.23. The first-order valence-electron chi connectivity index (χ1n) is 11.3. The van der Waals surface area contributed by atoms with E-state index < -0.39 is 0 Å². The fraction of sp³-hybridized carbons (Fsp3) is 0.462. The van der Waals surface area contributed by atoms with Gasteiger partial charge in [0.05, 0.1) is 15.7 Å². The van der Waals surface area contributed by atoms with E-state index >= 15 is 0 Å². The first kappa shape index (κ1) is 18.6. The van der Waals surface area contributed by atoms with Crippen molar-refractivity contribution in [3.05, 3.63) is 59.6 Å². The van der Waals surface area contributed by atoms with E-state index in [1.165, 1.54) is 31.2 Å². The van der Waals surface area contributed by atoms with E-state index in [-0.39, 0.29) is 11.3 Å². The Kier molecular flexibility index (Phi) is 4.28. The maximum Gasteiger partial charge on any atom is 0.225 e. The van der Waals surface area contributed by atoms with Gasteiger partial charge in [-0.2, -0.15) is 0 Å². The second kappa shape index (κ2) is 6.91. The van der Waals surface area contributed by atoms with E-state index in [0.29, 0.717) is 18.3 Å². The van der Waals surface area contributed by atoms with E-state index in [2.05, 4.69) is 53.6 Å². The molecule has 7 rings (SSSR count). The van der Waals surface area contributed by atoms with E-state index in [0.717, 1.165) is 33.7 Å². The number of hydrogen-bond donors (Lipinski definition) is 1. The molecule has 0 radical (unpaired) electrons. The van der Waals surface area contributed by atoms with Crippen molar-refractivity contribution >= 4 is 33.1 Å². The molecular weight excluding hydrogens is 388 g/mol. The summed E-state index contributed by atoms with van der Waals surface area (Å²) in [4.78, 5) is 17.7. The van der Waals surface area contributed by atoms with Crippen molar-refractivity contribution in [2.75, 3.05) is 5.32 Å². The highest BCUT2D eigenvalue weighted by Gasteiger charge is 2.60. The van der Waals surface area contributed by atoms with Gasteiger partial charge < -0.3 is 5.32 Å². The number of fused-ring (bicyclic) bond motifs is 1. The summed E-state index contributed by atoms with van der Waals surface area (Å²) in [7, 11) is 0. The number of carbonyl (C=O) groups is 1. The van der Waals surface area contributed by atoms with Crippen LogP contribution in [0.25, 0.3) is 10.2 Å². The number of nitrogens with zero attached hydrogens (tertiary/aromatic N) is 1. The summed E-state index contributed by atoms with van der Waals surface area (Å²) in [6.07, 6.45) is 5.78. The van der Waals surface area contributed by atoms with Crippen LogP contribution in [0.5, 0.6) is 0 Å². The Morgan fingerprint density at radius 2 is 1.77 bits per heavy atom. The molecule has 0 unspecified atom stereocenters. The molecule has 1 N–H and O–H groups in total.